The summed E-state index contributed by atoms with van der Waals surface area (Å²) in [4.78, 5) is 24.9. The van der Waals surface area contributed by atoms with Crippen LogP contribution in [0.3, 0.4) is 0 Å². The van der Waals surface area contributed by atoms with E-state index >= 15 is 0 Å². The van der Waals surface area contributed by atoms with Gasteiger partial charge in [0.05, 0.1) is 23.1 Å². The highest BCUT2D eigenvalue weighted by atomic mass is 19.3. The van der Waals surface area contributed by atoms with Crippen molar-refractivity contribution in [1.29, 1.82) is 5.26 Å². The quantitative estimate of drug-likeness (QED) is 0.476. The first kappa shape index (κ1) is 25.6. The first-order valence-electron chi connectivity index (χ1n) is 11.9. The Balaban J connectivity index is 1.24. The van der Waals surface area contributed by atoms with Crippen molar-refractivity contribution >= 4 is 11.6 Å². The van der Waals surface area contributed by atoms with Crippen LogP contribution in [0.2, 0.25) is 0 Å². The number of hydrogen-bond acceptors (Lipinski definition) is 6. The van der Waals surface area contributed by atoms with Crippen molar-refractivity contribution in [2.75, 3.05) is 31.1 Å². The first-order chi connectivity index (χ1) is 18.1. The Bertz CT molecular complexity index is 1400. The zero-order valence-electron chi connectivity index (χ0n) is 20.5. The van der Waals surface area contributed by atoms with Crippen LogP contribution < -0.4 is 10.2 Å². The molecule has 0 saturated carbocycles. The normalized spacial score (nSPS) is 17.9. The molecular weight excluding hydrogens is 500 g/mol. The second kappa shape index (κ2) is 9.68. The highest BCUT2D eigenvalue weighted by Crippen LogP contribution is 2.42. The number of carbonyl (C=O) groups is 1. The third-order valence-corrected chi connectivity index (χ3v) is 7.20. The van der Waals surface area contributed by atoms with Gasteiger partial charge in [-0.1, -0.05) is 12.1 Å². The van der Waals surface area contributed by atoms with Gasteiger partial charge in [0.2, 0.25) is 0 Å². The Morgan fingerprint density at radius 1 is 1.11 bits per heavy atom. The van der Waals surface area contributed by atoms with Gasteiger partial charge >= 0.3 is 6.43 Å². The van der Waals surface area contributed by atoms with E-state index < -0.39 is 29.5 Å². The fourth-order valence-corrected chi connectivity index (χ4v) is 5.29. The van der Waals surface area contributed by atoms with Gasteiger partial charge in [-0.3, -0.25) is 19.7 Å². The molecule has 0 radical (unpaired) electrons. The molecule has 38 heavy (non-hydrogen) atoms. The van der Waals surface area contributed by atoms with E-state index in [2.05, 4.69) is 31.2 Å². The summed E-state index contributed by atoms with van der Waals surface area (Å²) < 4.78 is 53.5. The molecule has 1 amide bonds. The monoisotopic (exact) mass is 524 g/mol. The van der Waals surface area contributed by atoms with E-state index in [1.165, 1.54) is 19.2 Å². The molecule has 7 nitrogen and oxygen atoms in total. The lowest BCUT2D eigenvalue weighted by molar-refractivity contribution is -0.133. The zero-order valence-corrected chi connectivity index (χ0v) is 20.5. The van der Waals surface area contributed by atoms with E-state index in [1.807, 2.05) is 6.07 Å². The number of nitrogens with one attached hydrogen (secondary N) is 1. The molecule has 0 bridgehead atoms. The molecule has 5 rings (SSSR count). The average molecular weight is 525 g/mol. The van der Waals surface area contributed by atoms with Crippen molar-refractivity contribution in [3.63, 3.8) is 0 Å². The van der Waals surface area contributed by atoms with Crippen molar-refractivity contribution in [2.24, 2.45) is 5.41 Å². The molecule has 1 spiro atoms. The van der Waals surface area contributed by atoms with Crippen LogP contribution in [0.15, 0.2) is 55.0 Å². The Hall–Kier alpha value is -4.04. The van der Waals surface area contributed by atoms with Gasteiger partial charge in [0.25, 0.3) is 5.91 Å². The summed E-state index contributed by atoms with van der Waals surface area (Å²) in [5.41, 5.74) is 1.25. The number of nitrogens with zero attached hydrogens (tertiary/aromatic N) is 5. The Kier molecular flexibility index (Phi) is 6.53. The number of aromatic nitrogens is 2. The zero-order chi connectivity index (χ0) is 27.1. The summed E-state index contributed by atoms with van der Waals surface area (Å²) in [7, 11) is 0. The van der Waals surface area contributed by atoms with Crippen LogP contribution in [0.4, 0.5) is 23.2 Å². The maximum absolute atomic E-state index is 13.9. The van der Waals surface area contributed by atoms with E-state index in [9.17, 15) is 22.4 Å². The van der Waals surface area contributed by atoms with Crippen LogP contribution in [0, 0.1) is 28.4 Å². The van der Waals surface area contributed by atoms with Crippen LogP contribution in [0.25, 0.3) is 0 Å². The molecule has 2 aromatic heterocycles. The fourth-order valence-electron chi connectivity index (χ4n) is 5.29. The molecule has 4 heterocycles. The second-order valence-electron chi connectivity index (χ2n) is 10.1. The molecule has 2 aliphatic heterocycles. The number of rotatable bonds is 7. The average Bonchev–Trinajstić information content (AvgIpc) is 2.86. The third-order valence-electron chi connectivity index (χ3n) is 7.20. The van der Waals surface area contributed by atoms with E-state index in [0.29, 0.717) is 12.1 Å². The van der Waals surface area contributed by atoms with Gasteiger partial charge in [-0.15, -0.1) is 0 Å². The molecule has 1 N–H and O–H groups in total. The van der Waals surface area contributed by atoms with Gasteiger partial charge in [-0.25, -0.2) is 8.78 Å². The summed E-state index contributed by atoms with van der Waals surface area (Å²) in [5.74, 6) is -3.79. The molecule has 1 aromatic carbocycles. The summed E-state index contributed by atoms with van der Waals surface area (Å²) in [6.45, 7) is 5.61. The summed E-state index contributed by atoms with van der Waals surface area (Å²) >= 11 is 0. The predicted molar refractivity (Wildman–Crippen MR) is 130 cm³/mol. The molecule has 3 aromatic rings. The van der Waals surface area contributed by atoms with Crippen LogP contribution >= 0.6 is 0 Å². The molecule has 0 unspecified atom stereocenters. The number of carbonyl (C=O) groups excluding carboxylic acids is 1. The first-order valence-corrected chi connectivity index (χ1v) is 11.9. The van der Waals surface area contributed by atoms with Crippen molar-refractivity contribution in [1.82, 2.24) is 20.2 Å². The van der Waals surface area contributed by atoms with Crippen LogP contribution in [0.5, 0.6) is 0 Å². The Morgan fingerprint density at radius 2 is 1.87 bits per heavy atom. The summed E-state index contributed by atoms with van der Waals surface area (Å²) in [5, 5.41) is 11.3. The predicted octanol–water partition coefficient (Wildman–Crippen LogP) is 3.59. The molecule has 0 aliphatic carbocycles. The minimum absolute atomic E-state index is 0.0837. The number of halogens is 4. The fraction of sp³-hybridized carbons (Fsp3) is 0.333. The van der Waals surface area contributed by atoms with E-state index in [0.717, 1.165) is 49.6 Å². The Labute approximate surface area is 216 Å². The van der Waals surface area contributed by atoms with Crippen LogP contribution in [0.1, 0.15) is 29.3 Å². The third kappa shape index (κ3) is 4.79. The standard InChI is InChI=1S/C27H24F4N6O/c1-26(35-25(38)24(30)31,19-3-4-21(28)22(29)7-19)23-5-2-17(10-34-23)12-36-13-27(14-36)15-37(16-27)20-6-18(8-32)9-33-11-20/h2-7,9-11,24H,12-16H2,1H3,(H,35,38)/t26-/m0/s1. The SMILES string of the molecule is C[C@](NC(=O)C(F)F)(c1ccc(F)c(F)c1)c1ccc(CN2CC3(C2)CN(c2cncc(C#N)c2)C3)cn1. The van der Waals surface area contributed by atoms with E-state index in [4.69, 9.17) is 5.26 Å². The number of nitriles is 1. The number of hydrogen-bond donors (Lipinski definition) is 1. The number of amides is 1. The maximum atomic E-state index is 13.9. The topological polar surface area (TPSA) is 85.2 Å². The van der Waals surface area contributed by atoms with Crippen LogP contribution in [-0.4, -0.2) is 53.4 Å². The number of benzene rings is 1. The molecule has 2 saturated heterocycles. The smallest absolute Gasteiger partial charge is 0.315 e. The number of alkyl halides is 2. The van der Waals surface area contributed by atoms with Crippen LogP contribution in [-0.2, 0) is 16.9 Å². The lowest BCUT2D eigenvalue weighted by atomic mass is 9.72. The largest absolute Gasteiger partial charge is 0.369 e. The summed E-state index contributed by atoms with van der Waals surface area (Å²) in [6.07, 6.45) is 1.61. The van der Waals surface area contributed by atoms with Gasteiger partial charge in [0.15, 0.2) is 11.6 Å². The minimum Gasteiger partial charge on any atom is -0.369 e. The lowest BCUT2D eigenvalue weighted by Gasteiger charge is -2.61. The van der Waals surface area contributed by atoms with Crippen molar-refractivity contribution in [3.8, 4) is 6.07 Å². The molecule has 1 atom stereocenters. The molecular formula is C27H24F4N6O. The van der Waals surface area contributed by atoms with E-state index in [-0.39, 0.29) is 16.7 Å². The number of likely N-dealkylation sites (tertiary alicyclic amines) is 1. The number of anilines is 1. The second-order valence-corrected chi connectivity index (χ2v) is 10.1. The highest BCUT2D eigenvalue weighted by molar-refractivity contribution is 5.80. The van der Waals surface area contributed by atoms with E-state index in [1.54, 1.807) is 24.5 Å². The lowest BCUT2D eigenvalue weighted by Crippen LogP contribution is -2.72. The highest BCUT2D eigenvalue weighted by Gasteiger charge is 2.51. The van der Waals surface area contributed by atoms with Crippen molar-refractivity contribution < 1.29 is 22.4 Å². The Morgan fingerprint density at radius 3 is 2.50 bits per heavy atom. The van der Waals surface area contributed by atoms with Gasteiger partial charge < -0.3 is 10.2 Å². The van der Waals surface area contributed by atoms with Gasteiger partial charge in [-0.05, 0) is 42.3 Å². The van der Waals surface area contributed by atoms with Crippen molar-refractivity contribution in [3.05, 3.63) is 89.0 Å². The maximum Gasteiger partial charge on any atom is 0.315 e. The van der Waals surface area contributed by atoms with Gasteiger partial charge in [0, 0.05) is 50.5 Å². The summed E-state index contributed by atoms with van der Waals surface area (Å²) in [6, 6.07) is 10.3. The van der Waals surface area contributed by atoms with Gasteiger partial charge in [0.1, 0.15) is 11.6 Å². The molecule has 11 heteroatoms. The minimum atomic E-state index is -3.29. The molecule has 2 fully saturated rings. The molecule has 2 aliphatic rings. The van der Waals surface area contributed by atoms with Crippen molar-refractivity contribution in [2.45, 2.75) is 25.4 Å². The number of pyridine rings is 2. The van der Waals surface area contributed by atoms with Gasteiger partial charge in [-0.2, -0.15) is 14.0 Å². The molecule has 196 valence electrons.